The van der Waals surface area contributed by atoms with Gasteiger partial charge >= 0.3 is 0 Å². The molecule has 0 unspecified atom stereocenters. The van der Waals surface area contributed by atoms with Crippen molar-refractivity contribution in [2.75, 3.05) is 41.7 Å². The number of hydrogen-bond donors (Lipinski definition) is 1. The topological polar surface area (TPSA) is 76.1 Å². The number of nitrogens with zero attached hydrogens (tertiary/aromatic N) is 6. The summed E-state index contributed by atoms with van der Waals surface area (Å²) in [6.07, 6.45) is 0. The number of rotatable bonds is 3. The van der Waals surface area contributed by atoms with Crippen LogP contribution in [-0.4, -0.2) is 45.9 Å². The fourth-order valence-corrected chi connectivity index (χ4v) is 4.35. The number of hydrogen-bond acceptors (Lipinski definition) is 6. The quantitative estimate of drug-likeness (QED) is 0.512. The largest absolute Gasteiger partial charge is 0.383 e. The van der Waals surface area contributed by atoms with Gasteiger partial charge in [0, 0.05) is 50.5 Å². The fourth-order valence-electron chi connectivity index (χ4n) is 4.35. The third-order valence-electron chi connectivity index (χ3n) is 6.39. The summed E-state index contributed by atoms with van der Waals surface area (Å²) < 4.78 is 29.7. The maximum Gasteiger partial charge on any atom is 0.228 e. The van der Waals surface area contributed by atoms with Gasteiger partial charge in [-0.25, -0.2) is 13.8 Å². The average Bonchev–Trinajstić information content (AvgIpc) is 3.09. The molecule has 4 aromatic rings. The van der Waals surface area contributed by atoms with E-state index in [2.05, 4.69) is 56.9 Å². The zero-order valence-corrected chi connectivity index (χ0v) is 18.8. The molecule has 5 rings (SSSR count). The number of nitrogen functional groups attached to an aromatic ring is 1. The summed E-state index contributed by atoms with van der Waals surface area (Å²) in [5.74, 6) is -0.567. The van der Waals surface area contributed by atoms with Gasteiger partial charge in [0.05, 0.1) is 11.1 Å². The van der Waals surface area contributed by atoms with E-state index in [0.717, 1.165) is 19.2 Å². The highest BCUT2D eigenvalue weighted by Crippen LogP contribution is 2.34. The number of fused-ring (bicyclic) bond motifs is 1. The molecule has 1 saturated heterocycles. The fraction of sp³-hybridized carbons (Fsp3) is 0.292. The Kier molecular flexibility index (Phi) is 5.11. The zero-order chi connectivity index (χ0) is 23.3. The van der Waals surface area contributed by atoms with Crippen molar-refractivity contribution in [2.45, 2.75) is 13.8 Å². The van der Waals surface area contributed by atoms with Gasteiger partial charge in [0.15, 0.2) is 5.65 Å². The lowest BCUT2D eigenvalue weighted by molar-refractivity contribution is 0.585. The van der Waals surface area contributed by atoms with Crippen LogP contribution in [0.2, 0.25) is 0 Å². The summed E-state index contributed by atoms with van der Waals surface area (Å²) in [7, 11) is 1.70. The van der Waals surface area contributed by atoms with Crippen molar-refractivity contribution in [3.05, 3.63) is 59.2 Å². The van der Waals surface area contributed by atoms with Crippen LogP contribution in [0.1, 0.15) is 11.1 Å². The summed E-state index contributed by atoms with van der Waals surface area (Å²) in [5.41, 5.74) is 10.8. The van der Waals surface area contributed by atoms with Gasteiger partial charge in [-0.05, 0) is 43.2 Å². The molecule has 0 atom stereocenters. The van der Waals surface area contributed by atoms with E-state index in [1.54, 1.807) is 7.05 Å². The van der Waals surface area contributed by atoms with Crippen LogP contribution in [0, 0.1) is 25.5 Å². The van der Waals surface area contributed by atoms with Crippen LogP contribution >= 0.6 is 0 Å². The predicted molar refractivity (Wildman–Crippen MR) is 126 cm³/mol. The molecule has 170 valence electrons. The summed E-state index contributed by atoms with van der Waals surface area (Å²) >= 11 is 0. The van der Waals surface area contributed by atoms with Gasteiger partial charge in [-0.1, -0.05) is 12.1 Å². The first-order valence-electron chi connectivity index (χ1n) is 10.8. The van der Waals surface area contributed by atoms with Gasteiger partial charge in [-0.2, -0.15) is 10.1 Å². The number of aromatic nitrogens is 4. The van der Waals surface area contributed by atoms with E-state index in [9.17, 15) is 8.78 Å². The normalized spacial score (nSPS) is 14.3. The number of nitrogens with two attached hydrogens (primary N) is 1. The molecule has 0 aliphatic carbocycles. The zero-order valence-electron chi connectivity index (χ0n) is 18.8. The van der Waals surface area contributed by atoms with E-state index in [0.29, 0.717) is 41.6 Å². The summed E-state index contributed by atoms with van der Waals surface area (Å²) in [5, 5.41) is 4.85. The van der Waals surface area contributed by atoms with Gasteiger partial charge in [-0.3, -0.25) is 4.68 Å². The summed E-state index contributed by atoms with van der Waals surface area (Å²) in [6.45, 7) is 7.27. The second kappa shape index (κ2) is 7.99. The van der Waals surface area contributed by atoms with E-state index in [4.69, 9.17) is 5.73 Å². The Morgan fingerprint density at radius 2 is 1.67 bits per heavy atom. The molecule has 9 heteroatoms. The molecule has 0 spiro atoms. The molecule has 0 bridgehead atoms. The average molecular weight is 450 g/mol. The van der Waals surface area contributed by atoms with Crippen LogP contribution in [0.15, 0.2) is 36.4 Å². The molecular weight excluding hydrogens is 424 g/mol. The second-order valence-corrected chi connectivity index (χ2v) is 8.40. The molecular formula is C24H25F2N7. The Labute approximate surface area is 190 Å². The van der Waals surface area contributed by atoms with Crippen LogP contribution in [0.25, 0.3) is 22.3 Å². The van der Waals surface area contributed by atoms with Gasteiger partial charge in [0.2, 0.25) is 5.95 Å². The highest BCUT2D eigenvalue weighted by atomic mass is 19.1. The highest BCUT2D eigenvalue weighted by molar-refractivity contribution is 5.99. The monoisotopic (exact) mass is 449 g/mol. The van der Waals surface area contributed by atoms with Crippen molar-refractivity contribution in [1.82, 2.24) is 19.7 Å². The van der Waals surface area contributed by atoms with Crippen molar-refractivity contribution >= 4 is 28.5 Å². The second-order valence-electron chi connectivity index (χ2n) is 8.40. The minimum atomic E-state index is -0.705. The van der Waals surface area contributed by atoms with Gasteiger partial charge in [0.1, 0.15) is 17.5 Å². The molecule has 2 aromatic carbocycles. The molecule has 1 aliphatic heterocycles. The van der Waals surface area contributed by atoms with E-state index in [-0.39, 0.29) is 5.56 Å². The van der Waals surface area contributed by atoms with Crippen LogP contribution in [-0.2, 0) is 7.05 Å². The smallest absolute Gasteiger partial charge is 0.228 e. The van der Waals surface area contributed by atoms with Crippen LogP contribution < -0.4 is 15.5 Å². The summed E-state index contributed by atoms with van der Waals surface area (Å²) in [4.78, 5) is 13.7. The first kappa shape index (κ1) is 21.1. The minimum Gasteiger partial charge on any atom is -0.383 e. The van der Waals surface area contributed by atoms with Crippen LogP contribution in [0.5, 0.6) is 0 Å². The third kappa shape index (κ3) is 3.63. The molecule has 3 heterocycles. The molecule has 2 aromatic heterocycles. The lowest BCUT2D eigenvalue weighted by Gasteiger charge is -2.37. The molecule has 0 radical (unpaired) electrons. The number of anilines is 3. The lowest BCUT2D eigenvalue weighted by Crippen LogP contribution is -2.47. The molecule has 1 aliphatic rings. The first-order valence-corrected chi connectivity index (χ1v) is 10.8. The number of piperazine rings is 1. The van der Waals surface area contributed by atoms with Crippen molar-refractivity contribution in [3.8, 4) is 11.3 Å². The predicted octanol–water partition coefficient (Wildman–Crippen LogP) is 3.83. The van der Waals surface area contributed by atoms with Gasteiger partial charge in [-0.15, -0.1) is 0 Å². The maximum absolute atomic E-state index is 14.7. The lowest BCUT2D eigenvalue weighted by atomic mass is 10.1. The standard InChI is InChI=1S/C24H25F2N7/c1-14-5-4-6-19(15(14)2)32-9-11-33(12-10-32)24-28-21(17-8-7-16(25)13-18(17)26)20-22(27)31(3)30-23(20)29-24/h4-8,13H,9-12,27H2,1-3H3. The van der Waals surface area contributed by atoms with Crippen LogP contribution in [0.4, 0.5) is 26.2 Å². The maximum atomic E-state index is 14.7. The molecule has 0 amide bonds. The number of halogens is 2. The Bertz CT molecular complexity index is 1360. The Balaban J connectivity index is 1.51. The van der Waals surface area contributed by atoms with Crippen molar-refractivity contribution in [3.63, 3.8) is 0 Å². The first-order chi connectivity index (χ1) is 15.8. The van der Waals surface area contributed by atoms with E-state index in [1.165, 1.54) is 33.6 Å². The van der Waals surface area contributed by atoms with Gasteiger partial charge < -0.3 is 15.5 Å². The van der Waals surface area contributed by atoms with E-state index in [1.807, 2.05) is 0 Å². The van der Waals surface area contributed by atoms with Crippen molar-refractivity contribution < 1.29 is 8.78 Å². The highest BCUT2D eigenvalue weighted by Gasteiger charge is 2.25. The van der Waals surface area contributed by atoms with Gasteiger partial charge in [0.25, 0.3) is 0 Å². The van der Waals surface area contributed by atoms with Crippen molar-refractivity contribution in [1.29, 1.82) is 0 Å². The molecule has 1 fully saturated rings. The number of aryl methyl sites for hydroxylation is 2. The van der Waals surface area contributed by atoms with E-state index >= 15 is 0 Å². The molecule has 7 nitrogen and oxygen atoms in total. The third-order valence-corrected chi connectivity index (χ3v) is 6.39. The SMILES string of the molecule is Cc1cccc(N2CCN(c3nc(-c4ccc(F)cc4F)c4c(N)n(C)nc4n3)CC2)c1C. The molecule has 0 saturated carbocycles. The Morgan fingerprint density at radius 1 is 0.939 bits per heavy atom. The van der Waals surface area contributed by atoms with E-state index < -0.39 is 11.6 Å². The Hall–Kier alpha value is -3.75. The van der Waals surface area contributed by atoms with Crippen molar-refractivity contribution in [2.24, 2.45) is 7.05 Å². The molecule has 33 heavy (non-hydrogen) atoms. The molecule has 2 N–H and O–H groups in total. The summed E-state index contributed by atoms with van der Waals surface area (Å²) in [6, 6.07) is 9.77. The van der Waals surface area contributed by atoms with Crippen LogP contribution in [0.3, 0.4) is 0 Å². The number of benzene rings is 2. The minimum absolute atomic E-state index is 0.166. The Morgan fingerprint density at radius 3 is 2.39 bits per heavy atom.